The van der Waals surface area contributed by atoms with Crippen LogP contribution in [0.1, 0.15) is 72.6 Å². The van der Waals surface area contributed by atoms with E-state index in [1.165, 1.54) is 44.9 Å². The Morgan fingerprint density at radius 2 is 1.84 bits per heavy atom. The largest absolute Gasteiger partial charge is 0.351 e. The molecule has 108 valence electrons. The van der Waals surface area contributed by atoms with Crippen LogP contribution in [0, 0.1) is 22.7 Å². The van der Waals surface area contributed by atoms with E-state index in [1.54, 1.807) is 6.92 Å². The van der Waals surface area contributed by atoms with Gasteiger partial charge in [0.2, 0.25) is 5.91 Å². The highest BCUT2D eigenvalue weighted by atomic mass is 16.1. The van der Waals surface area contributed by atoms with E-state index in [2.05, 4.69) is 26.1 Å². The van der Waals surface area contributed by atoms with E-state index in [4.69, 9.17) is 0 Å². The molecule has 0 radical (unpaired) electrons. The van der Waals surface area contributed by atoms with Crippen molar-refractivity contribution in [1.29, 1.82) is 0 Å². The fraction of sp³-hybridized carbons (Fsp3) is 0.941. The molecule has 2 nitrogen and oxygen atoms in total. The van der Waals surface area contributed by atoms with Gasteiger partial charge in [-0.05, 0) is 61.2 Å². The summed E-state index contributed by atoms with van der Waals surface area (Å²) >= 11 is 0. The summed E-state index contributed by atoms with van der Waals surface area (Å²) in [5.74, 6) is 1.72. The van der Waals surface area contributed by atoms with Crippen molar-refractivity contribution in [2.75, 3.05) is 0 Å². The second-order valence-corrected chi connectivity index (χ2v) is 8.62. The highest BCUT2D eigenvalue weighted by molar-refractivity contribution is 5.74. The Morgan fingerprint density at radius 3 is 2.47 bits per heavy atom. The Balaban J connectivity index is 1.95. The molecule has 3 aliphatic rings. The lowest BCUT2D eigenvalue weighted by Crippen LogP contribution is -2.63. The maximum Gasteiger partial charge on any atom is 0.217 e. The number of nitrogens with one attached hydrogen (secondary N) is 1. The van der Waals surface area contributed by atoms with Crippen molar-refractivity contribution >= 4 is 5.91 Å². The molecule has 1 N–H and O–H groups in total. The Kier molecular flexibility index (Phi) is 2.82. The number of carbonyl (C=O) groups is 1. The number of hydrogen-bond acceptors (Lipinski definition) is 1. The highest BCUT2D eigenvalue weighted by Gasteiger charge is 2.60. The van der Waals surface area contributed by atoms with E-state index >= 15 is 0 Å². The van der Waals surface area contributed by atoms with E-state index < -0.39 is 0 Å². The molecule has 4 unspecified atom stereocenters. The van der Waals surface area contributed by atoms with Crippen molar-refractivity contribution in [1.82, 2.24) is 5.32 Å². The van der Waals surface area contributed by atoms with Gasteiger partial charge in [0.15, 0.2) is 0 Å². The maximum absolute atomic E-state index is 11.7. The zero-order valence-electron chi connectivity index (χ0n) is 13.0. The molecule has 1 amide bonds. The first-order valence-corrected chi connectivity index (χ1v) is 8.05. The minimum Gasteiger partial charge on any atom is -0.351 e. The molecule has 0 aromatic heterocycles. The van der Waals surface area contributed by atoms with Crippen LogP contribution in [0.4, 0.5) is 0 Å². The fourth-order valence-electron chi connectivity index (χ4n) is 5.77. The second kappa shape index (κ2) is 3.99. The van der Waals surface area contributed by atoms with Gasteiger partial charge in [0.25, 0.3) is 0 Å². The van der Waals surface area contributed by atoms with E-state index in [-0.39, 0.29) is 11.4 Å². The molecule has 3 fully saturated rings. The van der Waals surface area contributed by atoms with E-state index in [0.717, 1.165) is 11.8 Å². The third-order valence-corrected chi connectivity index (χ3v) is 6.57. The lowest BCUT2D eigenvalue weighted by molar-refractivity contribution is -0.128. The SMILES string of the molecule is CC(=O)NC12CCCC(C)(CCC3C1CC3(C)C)C2. The third kappa shape index (κ3) is 2.02. The number of amides is 1. The molecule has 4 atom stereocenters. The van der Waals surface area contributed by atoms with Crippen molar-refractivity contribution in [3.63, 3.8) is 0 Å². The molecule has 0 aromatic carbocycles. The van der Waals surface area contributed by atoms with Crippen LogP contribution in [0.25, 0.3) is 0 Å². The van der Waals surface area contributed by atoms with Gasteiger partial charge in [-0.15, -0.1) is 0 Å². The van der Waals surface area contributed by atoms with E-state index in [9.17, 15) is 4.79 Å². The van der Waals surface area contributed by atoms with Crippen LogP contribution in [0.5, 0.6) is 0 Å². The van der Waals surface area contributed by atoms with Crippen LogP contribution in [0.15, 0.2) is 0 Å². The number of rotatable bonds is 1. The first-order valence-electron chi connectivity index (χ1n) is 8.05. The highest BCUT2D eigenvalue weighted by Crippen LogP contribution is 2.64. The maximum atomic E-state index is 11.7. The van der Waals surface area contributed by atoms with Gasteiger partial charge in [-0.2, -0.15) is 0 Å². The molecule has 0 aliphatic heterocycles. The topological polar surface area (TPSA) is 29.1 Å². The molecular weight excluding hydrogens is 234 g/mol. The van der Waals surface area contributed by atoms with Gasteiger partial charge in [-0.25, -0.2) is 0 Å². The van der Waals surface area contributed by atoms with Crippen molar-refractivity contribution < 1.29 is 4.79 Å². The van der Waals surface area contributed by atoms with Crippen molar-refractivity contribution in [3.8, 4) is 0 Å². The lowest BCUT2D eigenvalue weighted by Gasteiger charge is -2.60. The average Bonchev–Trinajstić information content (AvgIpc) is 2.30. The van der Waals surface area contributed by atoms with Gasteiger partial charge in [-0.3, -0.25) is 4.79 Å². The monoisotopic (exact) mass is 263 g/mol. The van der Waals surface area contributed by atoms with Crippen LogP contribution in [-0.4, -0.2) is 11.4 Å². The zero-order chi connectivity index (χ0) is 13.9. The summed E-state index contributed by atoms with van der Waals surface area (Å²) in [6, 6.07) is 0. The van der Waals surface area contributed by atoms with Crippen LogP contribution in [-0.2, 0) is 4.79 Å². The van der Waals surface area contributed by atoms with Crippen LogP contribution < -0.4 is 5.32 Å². The molecule has 3 rings (SSSR count). The Labute approximate surface area is 117 Å². The second-order valence-electron chi connectivity index (χ2n) is 8.62. The number of carbonyl (C=O) groups excluding carboxylic acids is 1. The molecule has 0 heterocycles. The summed E-state index contributed by atoms with van der Waals surface area (Å²) in [6.07, 6.45) is 9.10. The predicted octanol–water partition coefficient (Wildman–Crippen LogP) is 3.90. The summed E-state index contributed by atoms with van der Waals surface area (Å²) in [5.41, 5.74) is 1.08. The lowest BCUT2D eigenvalue weighted by atomic mass is 9.48. The van der Waals surface area contributed by atoms with Gasteiger partial charge in [0.05, 0.1) is 0 Å². The van der Waals surface area contributed by atoms with E-state index in [0.29, 0.717) is 10.8 Å². The normalized spacial score (nSPS) is 47.6. The summed E-state index contributed by atoms with van der Waals surface area (Å²) in [7, 11) is 0. The Bertz CT molecular complexity index is 402. The molecule has 2 bridgehead atoms. The fourth-order valence-corrected chi connectivity index (χ4v) is 5.77. The van der Waals surface area contributed by atoms with Gasteiger partial charge < -0.3 is 5.32 Å². The Morgan fingerprint density at radius 1 is 1.11 bits per heavy atom. The minimum absolute atomic E-state index is 0.121. The van der Waals surface area contributed by atoms with Gasteiger partial charge in [0.1, 0.15) is 0 Å². The zero-order valence-corrected chi connectivity index (χ0v) is 13.0. The van der Waals surface area contributed by atoms with Gasteiger partial charge in [0, 0.05) is 12.5 Å². The first-order chi connectivity index (χ1) is 8.77. The van der Waals surface area contributed by atoms with E-state index in [1.807, 2.05) is 0 Å². The standard InChI is InChI=1S/C17H29NO/c1-12(19)18-17-8-5-7-16(4,11-17)9-6-13-14(17)10-15(13,2)3/h13-14H,5-11H2,1-4H3,(H,18,19). The summed E-state index contributed by atoms with van der Waals surface area (Å²) in [6.45, 7) is 9.01. The van der Waals surface area contributed by atoms with Crippen molar-refractivity contribution in [2.45, 2.75) is 78.2 Å². The molecule has 2 heteroatoms. The quantitative estimate of drug-likeness (QED) is 0.764. The molecular formula is C17H29NO. The molecule has 0 spiro atoms. The smallest absolute Gasteiger partial charge is 0.217 e. The van der Waals surface area contributed by atoms with Crippen molar-refractivity contribution in [2.24, 2.45) is 22.7 Å². The predicted molar refractivity (Wildman–Crippen MR) is 77.7 cm³/mol. The summed E-state index contributed by atoms with van der Waals surface area (Å²) in [5, 5.41) is 3.42. The summed E-state index contributed by atoms with van der Waals surface area (Å²) in [4.78, 5) is 11.7. The van der Waals surface area contributed by atoms with Crippen LogP contribution in [0.2, 0.25) is 0 Å². The molecule has 3 aliphatic carbocycles. The Hall–Kier alpha value is -0.530. The van der Waals surface area contributed by atoms with Crippen LogP contribution >= 0.6 is 0 Å². The van der Waals surface area contributed by atoms with Gasteiger partial charge in [-0.1, -0.05) is 27.2 Å². The summed E-state index contributed by atoms with van der Waals surface area (Å²) < 4.78 is 0. The van der Waals surface area contributed by atoms with Crippen molar-refractivity contribution in [3.05, 3.63) is 0 Å². The molecule has 0 aromatic rings. The third-order valence-electron chi connectivity index (χ3n) is 6.57. The molecule has 3 saturated carbocycles. The minimum atomic E-state index is 0.121. The molecule has 19 heavy (non-hydrogen) atoms. The number of fused-ring (bicyclic) bond motifs is 4. The number of hydrogen-bond donors (Lipinski definition) is 1. The van der Waals surface area contributed by atoms with Gasteiger partial charge >= 0.3 is 0 Å². The first kappa shape index (κ1) is 13.5. The average molecular weight is 263 g/mol. The van der Waals surface area contributed by atoms with Crippen LogP contribution in [0.3, 0.4) is 0 Å². The molecule has 0 saturated heterocycles.